The van der Waals surface area contributed by atoms with E-state index in [1.807, 2.05) is 6.92 Å². The largest absolute Gasteiger partial charge is 0.461 e. The van der Waals surface area contributed by atoms with E-state index in [9.17, 15) is 4.79 Å². The zero-order valence-corrected chi connectivity index (χ0v) is 12.6. The maximum Gasteiger partial charge on any atom is 0.309 e. The second kappa shape index (κ2) is 3.98. The lowest BCUT2D eigenvalue weighted by Crippen LogP contribution is -2.66. The molecule has 0 aromatic rings. The quantitative estimate of drug-likeness (QED) is 0.692. The van der Waals surface area contributed by atoms with E-state index in [1.54, 1.807) is 7.11 Å². The highest BCUT2D eigenvalue weighted by atomic mass is 16.7. The molecule has 4 nitrogen and oxygen atoms in total. The third kappa shape index (κ3) is 1.37. The van der Waals surface area contributed by atoms with Crippen LogP contribution in [-0.4, -0.2) is 31.6 Å². The van der Waals surface area contributed by atoms with Gasteiger partial charge in [0.05, 0.1) is 12.5 Å². The Balaban J connectivity index is 1.73. The van der Waals surface area contributed by atoms with Gasteiger partial charge < -0.3 is 14.2 Å². The highest BCUT2D eigenvalue weighted by Gasteiger charge is 2.67. The Morgan fingerprint density at radius 2 is 2.05 bits per heavy atom. The Morgan fingerprint density at radius 3 is 2.70 bits per heavy atom. The van der Waals surface area contributed by atoms with Crippen LogP contribution in [0.25, 0.3) is 0 Å². The predicted octanol–water partition coefficient (Wildman–Crippen LogP) is 2.36. The SMILES string of the molecule is CO[C@@]12CC[C@@]3(CCC4[C@H](C)C(=O)O[C@@H]4[C@H]3[C@@H]1C)CO2. The van der Waals surface area contributed by atoms with Crippen molar-refractivity contribution < 1.29 is 19.0 Å². The zero-order chi connectivity index (χ0) is 14.1. The highest BCUT2D eigenvalue weighted by molar-refractivity contribution is 5.75. The second-order valence-electron chi connectivity index (χ2n) is 7.37. The number of methoxy groups -OCH3 is 1. The number of carbonyl (C=O) groups is 1. The maximum absolute atomic E-state index is 12.0. The molecule has 3 aliphatic heterocycles. The fourth-order valence-corrected chi connectivity index (χ4v) is 5.60. The first-order chi connectivity index (χ1) is 9.53. The van der Waals surface area contributed by atoms with Crippen molar-refractivity contribution in [2.24, 2.45) is 29.1 Å². The molecule has 0 aromatic carbocycles. The van der Waals surface area contributed by atoms with Crippen LogP contribution in [0.1, 0.15) is 39.5 Å². The van der Waals surface area contributed by atoms with Crippen molar-refractivity contribution in [2.75, 3.05) is 13.7 Å². The number of rotatable bonds is 1. The summed E-state index contributed by atoms with van der Waals surface area (Å²) < 4.78 is 17.7. The van der Waals surface area contributed by atoms with Crippen molar-refractivity contribution in [2.45, 2.75) is 51.4 Å². The summed E-state index contributed by atoms with van der Waals surface area (Å²) in [5.74, 6) is 0.696. The van der Waals surface area contributed by atoms with Crippen molar-refractivity contribution in [3.05, 3.63) is 0 Å². The van der Waals surface area contributed by atoms with E-state index in [0.717, 1.165) is 25.9 Å². The normalized spacial score (nSPS) is 57.1. The first-order valence-corrected chi connectivity index (χ1v) is 7.93. The standard InChI is InChI=1S/C16H24O4/c1-9-11-4-5-15-6-7-16(18-3,19-8-15)10(2)12(15)13(11)20-14(9)17/h9-13H,4-8H2,1-3H3/t9-,10-,11?,12+,13-,15-,16+/m0/s1. The molecular weight excluding hydrogens is 256 g/mol. The number of esters is 1. The molecule has 0 N–H and O–H groups in total. The van der Waals surface area contributed by atoms with Crippen LogP contribution in [0, 0.1) is 29.1 Å². The van der Waals surface area contributed by atoms with Gasteiger partial charge in [-0.15, -0.1) is 0 Å². The first-order valence-electron chi connectivity index (χ1n) is 7.93. The highest BCUT2D eigenvalue weighted by Crippen LogP contribution is 2.64. The van der Waals surface area contributed by atoms with Crippen LogP contribution in [0.3, 0.4) is 0 Å². The van der Waals surface area contributed by atoms with Gasteiger partial charge in [0, 0.05) is 36.7 Å². The van der Waals surface area contributed by atoms with E-state index in [-0.39, 0.29) is 23.4 Å². The van der Waals surface area contributed by atoms with E-state index in [2.05, 4.69) is 6.92 Å². The lowest BCUT2D eigenvalue weighted by Gasteiger charge is -2.63. The third-order valence-corrected chi connectivity index (χ3v) is 6.88. The fraction of sp³-hybridized carbons (Fsp3) is 0.938. The smallest absolute Gasteiger partial charge is 0.309 e. The van der Waals surface area contributed by atoms with Crippen LogP contribution in [0.5, 0.6) is 0 Å². The number of carbonyl (C=O) groups excluding carboxylic acids is 1. The van der Waals surface area contributed by atoms with Gasteiger partial charge in [0.15, 0.2) is 5.79 Å². The van der Waals surface area contributed by atoms with E-state index in [1.165, 1.54) is 6.42 Å². The van der Waals surface area contributed by atoms with Crippen LogP contribution < -0.4 is 0 Å². The van der Waals surface area contributed by atoms with Crippen LogP contribution in [0.4, 0.5) is 0 Å². The van der Waals surface area contributed by atoms with Gasteiger partial charge in [-0.3, -0.25) is 4.79 Å². The van der Waals surface area contributed by atoms with Crippen molar-refractivity contribution >= 4 is 5.97 Å². The molecule has 0 aromatic heterocycles. The number of hydrogen-bond acceptors (Lipinski definition) is 4. The molecule has 2 bridgehead atoms. The monoisotopic (exact) mass is 280 g/mol. The Bertz CT molecular complexity index is 438. The molecule has 5 rings (SSSR count). The van der Waals surface area contributed by atoms with Gasteiger partial charge in [-0.2, -0.15) is 0 Å². The van der Waals surface area contributed by atoms with Gasteiger partial charge in [0.2, 0.25) is 0 Å². The van der Waals surface area contributed by atoms with E-state index >= 15 is 0 Å². The minimum Gasteiger partial charge on any atom is -0.461 e. The summed E-state index contributed by atoms with van der Waals surface area (Å²) in [6, 6.07) is 0. The Morgan fingerprint density at radius 1 is 1.25 bits per heavy atom. The van der Waals surface area contributed by atoms with Crippen molar-refractivity contribution in [1.82, 2.24) is 0 Å². The average Bonchev–Trinajstić information content (AvgIpc) is 2.75. The minimum absolute atomic E-state index is 0.00178. The second-order valence-corrected chi connectivity index (χ2v) is 7.37. The number of fused-ring (bicyclic) bond motifs is 3. The van der Waals surface area contributed by atoms with Crippen molar-refractivity contribution in [3.8, 4) is 0 Å². The van der Waals surface area contributed by atoms with Gasteiger partial charge >= 0.3 is 5.97 Å². The van der Waals surface area contributed by atoms with Gasteiger partial charge in [0.25, 0.3) is 0 Å². The molecule has 0 radical (unpaired) electrons. The Labute approximate surface area is 120 Å². The summed E-state index contributed by atoms with van der Waals surface area (Å²) in [5.41, 5.74) is 0.213. The molecule has 3 saturated heterocycles. The predicted molar refractivity (Wildman–Crippen MR) is 71.8 cm³/mol. The van der Waals surface area contributed by atoms with Crippen molar-refractivity contribution in [1.29, 1.82) is 0 Å². The first kappa shape index (κ1) is 13.1. The molecule has 3 heterocycles. The summed E-state index contributed by atoms with van der Waals surface area (Å²) in [7, 11) is 1.75. The molecule has 5 aliphatic rings. The lowest BCUT2D eigenvalue weighted by molar-refractivity contribution is -0.363. The summed E-state index contributed by atoms with van der Waals surface area (Å²) in [4.78, 5) is 12.0. The number of ether oxygens (including phenoxy) is 3. The molecule has 2 aliphatic carbocycles. The van der Waals surface area contributed by atoms with Gasteiger partial charge in [0.1, 0.15) is 6.10 Å². The molecule has 0 amide bonds. The molecule has 4 heteroatoms. The molecule has 20 heavy (non-hydrogen) atoms. The lowest BCUT2D eigenvalue weighted by atomic mass is 9.50. The molecule has 1 unspecified atom stereocenters. The van der Waals surface area contributed by atoms with Crippen LogP contribution in [-0.2, 0) is 19.0 Å². The fourth-order valence-electron chi connectivity index (χ4n) is 5.60. The maximum atomic E-state index is 12.0. The Kier molecular flexibility index (Phi) is 2.60. The zero-order valence-electron chi connectivity index (χ0n) is 12.6. The van der Waals surface area contributed by atoms with Gasteiger partial charge in [-0.25, -0.2) is 0 Å². The molecule has 5 fully saturated rings. The van der Waals surface area contributed by atoms with E-state index in [4.69, 9.17) is 14.2 Å². The molecule has 112 valence electrons. The molecule has 1 spiro atoms. The van der Waals surface area contributed by atoms with Crippen molar-refractivity contribution in [3.63, 3.8) is 0 Å². The van der Waals surface area contributed by atoms with Crippen LogP contribution in [0.2, 0.25) is 0 Å². The third-order valence-electron chi connectivity index (χ3n) is 6.88. The summed E-state index contributed by atoms with van der Waals surface area (Å²) in [6.45, 7) is 5.02. The van der Waals surface area contributed by atoms with Gasteiger partial charge in [-0.05, 0) is 19.3 Å². The molecule has 7 atom stereocenters. The molecular formula is C16H24O4. The summed E-state index contributed by atoms with van der Waals surface area (Å²) >= 11 is 0. The topological polar surface area (TPSA) is 44.8 Å². The molecule has 2 saturated carbocycles. The summed E-state index contributed by atoms with van der Waals surface area (Å²) in [6.07, 6.45) is 4.47. The Hall–Kier alpha value is -0.610. The van der Waals surface area contributed by atoms with E-state index in [0.29, 0.717) is 17.8 Å². The minimum atomic E-state index is -0.452. The summed E-state index contributed by atoms with van der Waals surface area (Å²) in [5, 5.41) is 0. The van der Waals surface area contributed by atoms with Gasteiger partial charge in [-0.1, -0.05) is 13.8 Å². The van der Waals surface area contributed by atoms with Crippen LogP contribution in [0.15, 0.2) is 0 Å². The van der Waals surface area contributed by atoms with E-state index < -0.39 is 5.79 Å². The average molecular weight is 280 g/mol. The number of hydrogen-bond donors (Lipinski definition) is 0. The van der Waals surface area contributed by atoms with Crippen LogP contribution >= 0.6 is 0 Å².